The zero-order valence-electron chi connectivity index (χ0n) is 13.6. The molecule has 2 N–H and O–H groups in total. The van der Waals surface area contributed by atoms with Gasteiger partial charge in [0.1, 0.15) is 0 Å². The number of nitrogens with zero attached hydrogens (tertiary/aromatic N) is 1. The molecule has 0 bridgehead atoms. The first-order valence-electron chi connectivity index (χ1n) is 8.11. The molecule has 0 aromatic carbocycles. The van der Waals surface area contributed by atoms with E-state index in [9.17, 15) is 4.79 Å². The minimum Gasteiger partial charge on any atom is -0.351 e. The van der Waals surface area contributed by atoms with Crippen molar-refractivity contribution in [2.24, 2.45) is 5.41 Å². The number of carbonyl (C=O) groups excluding carboxylic acids is 1. The van der Waals surface area contributed by atoms with Gasteiger partial charge in [-0.25, -0.2) is 0 Å². The van der Waals surface area contributed by atoms with Crippen molar-refractivity contribution in [3.8, 4) is 0 Å². The molecule has 116 valence electrons. The second-order valence-corrected chi connectivity index (χ2v) is 7.56. The predicted octanol–water partition coefficient (Wildman–Crippen LogP) is 1.76. The summed E-state index contributed by atoms with van der Waals surface area (Å²) in [6, 6.07) is 0.325. The molecule has 1 saturated carbocycles. The molecule has 0 spiro atoms. The number of hydrogen-bond donors (Lipinski definition) is 2. The second-order valence-electron chi connectivity index (χ2n) is 7.56. The van der Waals surface area contributed by atoms with E-state index < -0.39 is 5.54 Å². The lowest BCUT2D eigenvalue weighted by Gasteiger charge is -2.44. The van der Waals surface area contributed by atoms with Crippen LogP contribution in [0.2, 0.25) is 0 Å². The van der Waals surface area contributed by atoms with E-state index in [0.717, 1.165) is 32.6 Å². The Morgan fingerprint density at radius 3 is 2.50 bits per heavy atom. The molecule has 1 unspecified atom stereocenters. The van der Waals surface area contributed by atoms with Gasteiger partial charge >= 0.3 is 0 Å². The second kappa shape index (κ2) is 6.02. The molecule has 2 fully saturated rings. The van der Waals surface area contributed by atoms with Gasteiger partial charge in [-0.15, -0.1) is 0 Å². The normalized spacial score (nSPS) is 28.1. The van der Waals surface area contributed by atoms with Crippen LogP contribution >= 0.6 is 0 Å². The van der Waals surface area contributed by atoms with Crippen LogP contribution < -0.4 is 10.6 Å². The Morgan fingerprint density at radius 2 is 1.90 bits per heavy atom. The number of rotatable bonds is 3. The predicted molar refractivity (Wildman–Crippen MR) is 82.7 cm³/mol. The van der Waals surface area contributed by atoms with Gasteiger partial charge < -0.3 is 10.6 Å². The fourth-order valence-corrected chi connectivity index (χ4v) is 3.46. The third-order valence-corrected chi connectivity index (χ3v) is 5.28. The van der Waals surface area contributed by atoms with E-state index in [1.165, 1.54) is 19.3 Å². The number of carbonyl (C=O) groups is 1. The first-order chi connectivity index (χ1) is 9.34. The summed E-state index contributed by atoms with van der Waals surface area (Å²) in [6.07, 6.45) is 4.87. The fraction of sp³-hybridized carbons (Fsp3) is 0.938. The van der Waals surface area contributed by atoms with E-state index in [-0.39, 0.29) is 11.3 Å². The van der Waals surface area contributed by atoms with E-state index in [2.05, 4.69) is 43.2 Å². The first kappa shape index (κ1) is 15.8. The van der Waals surface area contributed by atoms with Gasteiger partial charge in [0.05, 0.1) is 5.54 Å². The average Bonchev–Trinajstić information content (AvgIpc) is 2.42. The van der Waals surface area contributed by atoms with Crippen molar-refractivity contribution in [1.29, 1.82) is 0 Å². The van der Waals surface area contributed by atoms with Crippen molar-refractivity contribution < 1.29 is 4.79 Å². The Labute approximate surface area is 123 Å². The number of nitrogens with one attached hydrogen (secondary N) is 2. The molecule has 1 heterocycles. The topological polar surface area (TPSA) is 44.4 Å². The summed E-state index contributed by atoms with van der Waals surface area (Å²) in [5, 5.41) is 6.69. The van der Waals surface area contributed by atoms with Crippen LogP contribution in [0.25, 0.3) is 0 Å². The van der Waals surface area contributed by atoms with Crippen LogP contribution in [0, 0.1) is 5.41 Å². The van der Waals surface area contributed by atoms with Gasteiger partial charge in [0.2, 0.25) is 5.91 Å². The van der Waals surface area contributed by atoms with Gasteiger partial charge in [0.25, 0.3) is 0 Å². The summed E-state index contributed by atoms with van der Waals surface area (Å²) in [7, 11) is 0. The van der Waals surface area contributed by atoms with Gasteiger partial charge in [-0.1, -0.05) is 26.7 Å². The maximum atomic E-state index is 12.7. The molecule has 2 rings (SSSR count). The third kappa shape index (κ3) is 3.34. The monoisotopic (exact) mass is 281 g/mol. The summed E-state index contributed by atoms with van der Waals surface area (Å²) >= 11 is 0. The van der Waals surface area contributed by atoms with Gasteiger partial charge in [-0.3, -0.25) is 9.69 Å². The molecular formula is C16H31N3O. The van der Waals surface area contributed by atoms with Gasteiger partial charge in [-0.2, -0.15) is 0 Å². The van der Waals surface area contributed by atoms with E-state index >= 15 is 0 Å². The van der Waals surface area contributed by atoms with Crippen molar-refractivity contribution in [2.45, 2.75) is 65.0 Å². The molecule has 4 heteroatoms. The van der Waals surface area contributed by atoms with Crippen LogP contribution in [0.5, 0.6) is 0 Å². The molecule has 2 aliphatic rings. The highest BCUT2D eigenvalue weighted by Gasteiger charge is 2.39. The molecule has 1 atom stereocenters. The van der Waals surface area contributed by atoms with Crippen molar-refractivity contribution in [3.05, 3.63) is 0 Å². The molecule has 4 nitrogen and oxygen atoms in total. The summed E-state index contributed by atoms with van der Waals surface area (Å²) in [4.78, 5) is 15.0. The molecule has 1 amide bonds. The number of amides is 1. The van der Waals surface area contributed by atoms with Crippen LogP contribution in [0.3, 0.4) is 0 Å². The largest absolute Gasteiger partial charge is 0.351 e. The lowest BCUT2D eigenvalue weighted by Crippen LogP contribution is -2.62. The molecule has 1 saturated heterocycles. The Morgan fingerprint density at radius 1 is 1.25 bits per heavy atom. The van der Waals surface area contributed by atoms with Gasteiger partial charge in [0, 0.05) is 32.2 Å². The summed E-state index contributed by atoms with van der Waals surface area (Å²) < 4.78 is 0. The zero-order chi connectivity index (χ0) is 14.8. The zero-order valence-corrected chi connectivity index (χ0v) is 13.6. The highest BCUT2D eigenvalue weighted by Crippen LogP contribution is 2.35. The minimum absolute atomic E-state index is 0.194. The molecule has 0 radical (unpaired) electrons. The molecule has 0 aromatic rings. The van der Waals surface area contributed by atoms with Crippen LogP contribution in [0.1, 0.15) is 53.4 Å². The third-order valence-electron chi connectivity index (χ3n) is 5.28. The first-order valence-corrected chi connectivity index (χ1v) is 8.11. The molecule has 1 aliphatic carbocycles. The lowest BCUT2D eigenvalue weighted by atomic mass is 9.73. The van der Waals surface area contributed by atoms with Crippen LogP contribution in [0.15, 0.2) is 0 Å². The molecular weight excluding hydrogens is 250 g/mol. The summed E-state index contributed by atoms with van der Waals surface area (Å²) in [6.45, 7) is 12.6. The average molecular weight is 281 g/mol. The molecule has 20 heavy (non-hydrogen) atoms. The van der Waals surface area contributed by atoms with E-state index in [1.54, 1.807) is 0 Å². The van der Waals surface area contributed by atoms with Crippen LogP contribution in [-0.4, -0.2) is 48.6 Å². The van der Waals surface area contributed by atoms with Crippen molar-refractivity contribution >= 4 is 5.91 Å². The van der Waals surface area contributed by atoms with E-state index in [4.69, 9.17) is 0 Å². The highest BCUT2D eigenvalue weighted by atomic mass is 16.2. The minimum atomic E-state index is -0.407. The maximum Gasteiger partial charge on any atom is 0.240 e. The van der Waals surface area contributed by atoms with Crippen molar-refractivity contribution in [2.75, 3.05) is 26.2 Å². The Hall–Kier alpha value is -0.610. The van der Waals surface area contributed by atoms with Crippen LogP contribution in [0.4, 0.5) is 0 Å². The lowest BCUT2D eigenvalue weighted by molar-refractivity contribution is -0.134. The van der Waals surface area contributed by atoms with E-state index in [1.807, 2.05) is 0 Å². The molecule has 1 aliphatic heterocycles. The number of hydrogen-bond acceptors (Lipinski definition) is 3. The SMILES string of the molecule is CC1(C)CCCCC1NC(=O)C(C)(C)N1CCNCC1. The maximum absolute atomic E-state index is 12.7. The summed E-state index contributed by atoms with van der Waals surface area (Å²) in [5.41, 5.74) is -0.178. The smallest absolute Gasteiger partial charge is 0.240 e. The van der Waals surface area contributed by atoms with Crippen molar-refractivity contribution in [3.63, 3.8) is 0 Å². The molecule has 0 aromatic heterocycles. The van der Waals surface area contributed by atoms with Gasteiger partial charge in [-0.05, 0) is 32.1 Å². The highest BCUT2D eigenvalue weighted by molar-refractivity contribution is 5.85. The summed E-state index contributed by atoms with van der Waals surface area (Å²) in [5.74, 6) is 0.194. The van der Waals surface area contributed by atoms with Crippen molar-refractivity contribution in [1.82, 2.24) is 15.5 Å². The quantitative estimate of drug-likeness (QED) is 0.828. The Kier molecular flexibility index (Phi) is 4.75. The fourth-order valence-electron chi connectivity index (χ4n) is 3.46. The number of piperazine rings is 1. The van der Waals surface area contributed by atoms with E-state index in [0.29, 0.717) is 6.04 Å². The van der Waals surface area contributed by atoms with Gasteiger partial charge in [0.15, 0.2) is 0 Å². The van der Waals surface area contributed by atoms with Crippen LogP contribution in [-0.2, 0) is 4.79 Å². The standard InChI is InChI=1S/C16H31N3O/c1-15(2)8-6-5-7-13(15)18-14(20)16(3,4)19-11-9-17-10-12-19/h13,17H,5-12H2,1-4H3,(H,18,20). The Balaban J connectivity index is 1.99. The Bertz CT molecular complexity index is 346.